The maximum absolute atomic E-state index is 10.2. The first-order valence-electron chi connectivity index (χ1n) is 5.00. The highest BCUT2D eigenvalue weighted by Crippen LogP contribution is 2.60. The number of aliphatic imine (C=N–C) groups is 1. The zero-order valence-electron chi connectivity index (χ0n) is 7.88. The molecule has 2 nitrogen and oxygen atoms in total. The molecule has 4 heteroatoms. The van der Waals surface area contributed by atoms with Crippen LogP contribution in [0.3, 0.4) is 0 Å². The fourth-order valence-corrected chi connectivity index (χ4v) is 3.98. The largest absolute Gasteiger partial charge is 0.234 e. The smallest absolute Gasteiger partial charge is 0.211 e. The number of hydrogen-bond donors (Lipinski definition) is 0. The Balaban J connectivity index is 2.16. The van der Waals surface area contributed by atoms with Crippen LogP contribution in [-0.2, 0) is 4.79 Å². The minimum atomic E-state index is -0.317. The zero-order chi connectivity index (χ0) is 10.2. The van der Waals surface area contributed by atoms with Gasteiger partial charge in [0.05, 0.1) is 6.54 Å². The van der Waals surface area contributed by atoms with Crippen molar-refractivity contribution in [1.29, 1.82) is 0 Å². The monoisotopic (exact) mass is 233 g/mol. The van der Waals surface area contributed by atoms with E-state index in [0.29, 0.717) is 12.5 Å². The molecular weight excluding hydrogens is 221 g/mol. The van der Waals surface area contributed by atoms with E-state index in [1.165, 1.54) is 6.42 Å². The minimum absolute atomic E-state index is 0.107. The summed E-state index contributed by atoms with van der Waals surface area (Å²) in [7, 11) is 0. The third kappa shape index (κ3) is 1.60. The molecule has 2 rings (SSSR count). The highest BCUT2D eigenvalue weighted by molar-refractivity contribution is 6.44. The third-order valence-electron chi connectivity index (χ3n) is 3.88. The van der Waals surface area contributed by atoms with Gasteiger partial charge >= 0.3 is 0 Å². The molecule has 0 saturated heterocycles. The van der Waals surface area contributed by atoms with Gasteiger partial charge in [0.15, 0.2) is 0 Å². The first-order chi connectivity index (χ1) is 6.68. The highest BCUT2D eigenvalue weighted by atomic mass is 35.5. The number of nitrogens with zero attached hydrogens (tertiary/aromatic N) is 1. The van der Waals surface area contributed by atoms with Crippen molar-refractivity contribution in [3.63, 3.8) is 0 Å². The second kappa shape index (κ2) is 3.84. The molecule has 0 aromatic rings. The Morgan fingerprint density at radius 3 is 2.93 bits per heavy atom. The van der Waals surface area contributed by atoms with Gasteiger partial charge in [-0.1, -0.05) is 0 Å². The van der Waals surface area contributed by atoms with Gasteiger partial charge in [0.25, 0.3) is 0 Å². The standard InChI is InChI=1S/C10H13Cl2NO/c11-9(12)8-3-7-1-2-10(8,4-7)5-13-6-14/h7-9H,1-5H2. The molecular formula is C10H13Cl2NO. The maximum atomic E-state index is 10.2. The van der Waals surface area contributed by atoms with Crippen LogP contribution in [-0.4, -0.2) is 17.5 Å². The molecule has 3 unspecified atom stereocenters. The lowest BCUT2D eigenvalue weighted by molar-refractivity contribution is 0.206. The van der Waals surface area contributed by atoms with Gasteiger partial charge < -0.3 is 0 Å². The summed E-state index contributed by atoms with van der Waals surface area (Å²) in [6.07, 6.45) is 6.22. The van der Waals surface area contributed by atoms with Crippen molar-refractivity contribution in [2.24, 2.45) is 22.2 Å². The van der Waals surface area contributed by atoms with Crippen LogP contribution in [0.1, 0.15) is 25.7 Å². The Labute approximate surface area is 93.7 Å². The summed E-state index contributed by atoms with van der Waals surface area (Å²) < 4.78 is 0. The van der Waals surface area contributed by atoms with Gasteiger partial charge in [-0.15, -0.1) is 23.2 Å². The average Bonchev–Trinajstić information content (AvgIpc) is 2.71. The number of fused-ring (bicyclic) bond motifs is 2. The second-order valence-electron chi connectivity index (χ2n) is 4.56. The van der Waals surface area contributed by atoms with Gasteiger partial charge in [-0.25, -0.2) is 9.79 Å². The van der Waals surface area contributed by atoms with E-state index < -0.39 is 0 Å². The topological polar surface area (TPSA) is 29.4 Å². The van der Waals surface area contributed by atoms with Gasteiger partial charge in [0, 0.05) is 0 Å². The Kier molecular flexibility index (Phi) is 2.88. The van der Waals surface area contributed by atoms with E-state index >= 15 is 0 Å². The van der Waals surface area contributed by atoms with Crippen molar-refractivity contribution < 1.29 is 4.79 Å². The third-order valence-corrected chi connectivity index (χ3v) is 4.49. The van der Waals surface area contributed by atoms with E-state index in [4.69, 9.17) is 23.2 Å². The maximum Gasteiger partial charge on any atom is 0.234 e. The van der Waals surface area contributed by atoms with Crippen LogP contribution < -0.4 is 0 Å². The van der Waals surface area contributed by atoms with E-state index in [1.54, 1.807) is 6.08 Å². The van der Waals surface area contributed by atoms with Crippen LogP contribution in [0.15, 0.2) is 4.99 Å². The molecule has 2 aliphatic carbocycles. The molecule has 0 radical (unpaired) electrons. The van der Waals surface area contributed by atoms with Crippen LogP contribution in [0, 0.1) is 17.3 Å². The number of rotatable bonds is 3. The van der Waals surface area contributed by atoms with Crippen molar-refractivity contribution >= 4 is 29.3 Å². The number of halogens is 2. The van der Waals surface area contributed by atoms with E-state index in [0.717, 1.165) is 25.2 Å². The van der Waals surface area contributed by atoms with Crippen molar-refractivity contribution in [3.05, 3.63) is 0 Å². The lowest BCUT2D eigenvalue weighted by Crippen LogP contribution is -2.32. The lowest BCUT2D eigenvalue weighted by Gasteiger charge is -2.34. The van der Waals surface area contributed by atoms with Crippen LogP contribution >= 0.6 is 23.2 Å². The Hall–Kier alpha value is -0.0400. The molecule has 0 aliphatic heterocycles. The van der Waals surface area contributed by atoms with Crippen LogP contribution in [0.4, 0.5) is 0 Å². The van der Waals surface area contributed by atoms with E-state index in [-0.39, 0.29) is 10.3 Å². The number of hydrogen-bond acceptors (Lipinski definition) is 2. The van der Waals surface area contributed by atoms with Crippen molar-refractivity contribution in [2.45, 2.75) is 30.5 Å². The Morgan fingerprint density at radius 2 is 2.36 bits per heavy atom. The summed E-state index contributed by atoms with van der Waals surface area (Å²) in [6, 6.07) is 0. The zero-order valence-corrected chi connectivity index (χ0v) is 9.39. The number of isocyanates is 1. The summed E-state index contributed by atoms with van der Waals surface area (Å²) in [6.45, 7) is 0.563. The van der Waals surface area contributed by atoms with E-state index in [2.05, 4.69) is 4.99 Å². The summed E-state index contributed by atoms with van der Waals surface area (Å²) in [5.41, 5.74) is 0.107. The molecule has 2 fully saturated rings. The van der Waals surface area contributed by atoms with E-state index in [1.807, 2.05) is 0 Å². The van der Waals surface area contributed by atoms with Gasteiger partial charge in [-0.05, 0) is 42.9 Å². The normalized spacial score (nSPS) is 40.2. The van der Waals surface area contributed by atoms with Crippen molar-refractivity contribution in [2.75, 3.05) is 6.54 Å². The molecule has 14 heavy (non-hydrogen) atoms. The quantitative estimate of drug-likeness (QED) is 0.419. The second-order valence-corrected chi connectivity index (χ2v) is 5.72. The summed E-state index contributed by atoms with van der Waals surface area (Å²) in [5, 5.41) is 0. The van der Waals surface area contributed by atoms with Gasteiger partial charge in [0.1, 0.15) is 4.84 Å². The molecule has 2 bridgehead atoms. The minimum Gasteiger partial charge on any atom is -0.211 e. The van der Waals surface area contributed by atoms with Gasteiger partial charge in [-0.3, -0.25) is 0 Å². The summed E-state index contributed by atoms with van der Waals surface area (Å²) >= 11 is 11.9. The molecule has 0 amide bonds. The summed E-state index contributed by atoms with van der Waals surface area (Å²) in [5.74, 6) is 1.07. The Morgan fingerprint density at radius 1 is 1.57 bits per heavy atom. The fraction of sp³-hybridized carbons (Fsp3) is 0.900. The molecule has 78 valence electrons. The number of carbonyl (C=O) groups excluding carboxylic acids is 1. The van der Waals surface area contributed by atoms with Crippen molar-refractivity contribution in [3.8, 4) is 0 Å². The van der Waals surface area contributed by atoms with Gasteiger partial charge in [-0.2, -0.15) is 0 Å². The first kappa shape index (κ1) is 10.5. The molecule has 3 atom stereocenters. The van der Waals surface area contributed by atoms with Crippen molar-refractivity contribution in [1.82, 2.24) is 0 Å². The molecule has 2 saturated carbocycles. The highest BCUT2D eigenvalue weighted by Gasteiger charge is 2.53. The summed E-state index contributed by atoms with van der Waals surface area (Å²) in [4.78, 5) is 13.6. The molecule has 0 aromatic heterocycles. The van der Waals surface area contributed by atoms with Gasteiger partial charge in [0.2, 0.25) is 6.08 Å². The fourth-order valence-electron chi connectivity index (χ4n) is 3.24. The SMILES string of the molecule is O=C=NCC12CCC(CC1C(Cl)Cl)C2. The molecule has 0 heterocycles. The average molecular weight is 234 g/mol. The number of alkyl halides is 2. The Bertz CT molecular complexity index is 275. The first-order valence-corrected chi connectivity index (χ1v) is 5.87. The lowest BCUT2D eigenvalue weighted by atomic mass is 9.76. The van der Waals surface area contributed by atoms with Crippen LogP contribution in [0.25, 0.3) is 0 Å². The molecule has 0 aromatic carbocycles. The van der Waals surface area contributed by atoms with Crippen LogP contribution in [0.2, 0.25) is 0 Å². The predicted molar refractivity (Wildman–Crippen MR) is 56.4 cm³/mol. The molecule has 0 N–H and O–H groups in total. The van der Waals surface area contributed by atoms with E-state index in [9.17, 15) is 4.79 Å². The van der Waals surface area contributed by atoms with Crippen LogP contribution in [0.5, 0.6) is 0 Å². The molecule has 2 aliphatic rings. The predicted octanol–water partition coefficient (Wildman–Crippen LogP) is 2.93. The molecule has 0 spiro atoms.